The topological polar surface area (TPSA) is 59.8 Å². The minimum absolute atomic E-state index is 0.186. The first kappa shape index (κ1) is 13.5. The number of halogens is 1. The Labute approximate surface area is 116 Å². The molecule has 1 atom stereocenters. The van der Waals surface area contributed by atoms with Crippen molar-refractivity contribution in [3.63, 3.8) is 0 Å². The maximum absolute atomic E-state index is 11.8. The molecule has 0 fully saturated rings. The van der Waals surface area contributed by atoms with Crippen LogP contribution in [-0.2, 0) is 6.54 Å². The number of hydrogen-bond acceptors (Lipinski definition) is 3. The molecule has 5 nitrogen and oxygen atoms in total. The first-order chi connectivity index (χ1) is 9.15. The predicted molar refractivity (Wildman–Crippen MR) is 73.0 cm³/mol. The van der Waals surface area contributed by atoms with E-state index in [-0.39, 0.29) is 5.91 Å². The molecule has 100 valence electrons. The predicted octanol–water partition coefficient (Wildman–Crippen LogP) is 2.00. The summed E-state index contributed by atoms with van der Waals surface area (Å²) in [6.45, 7) is 3.46. The lowest BCUT2D eigenvalue weighted by molar-refractivity contribution is 0.0942. The van der Waals surface area contributed by atoms with E-state index in [1.165, 1.54) is 6.20 Å². The third-order valence-electron chi connectivity index (χ3n) is 2.65. The summed E-state index contributed by atoms with van der Waals surface area (Å²) in [5.74, 6) is 0.125. The van der Waals surface area contributed by atoms with Crippen LogP contribution in [0.5, 0.6) is 0 Å². The summed E-state index contributed by atoms with van der Waals surface area (Å²) < 4.78 is 1.98. The standard InChI is InChI=1S/C13H15ClN4O/c1-10(8-18-5-4-15-9-18)6-17-13(19)12-3-2-11(14)7-16-12/h2-5,7,9-10H,6,8H2,1H3,(H,17,19)/t10-/m1/s1. The highest BCUT2D eigenvalue weighted by molar-refractivity contribution is 6.30. The van der Waals surface area contributed by atoms with Gasteiger partial charge in [0.05, 0.1) is 11.3 Å². The Balaban J connectivity index is 1.81. The van der Waals surface area contributed by atoms with Crippen molar-refractivity contribution in [1.82, 2.24) is 19.9 Å². The zero-order valence-corrected chi connectivity index (χ0v) is 11.3. The number of nitrogens with one attached hydrogen (secondary N) is 1. The number of nitrogens with zero attached hydrogens (tertiary/aromatic N) is 3. The van der Waals surface area contributed by atoms with Gasteiger partial charge in [0.2, 0.25) is 0 Å². The van der Waals surface area contributed by atoms with E-state index in [9.17, 15) is 4.79 Å². The quantitative estimate of drug-likeness (QED) is 0.910. The van der Waals surface area contributed by atoms with Crippen LogP contribution in [-0.4, -0.2) is 27.0 Å². The number of carbonyl (C=O) groups excluding carboxylic acids is 1. The van der Waals surface area contributed by atoms with E-state index in [0.29, 0.717) is 23.2 Å². The van der Waals surface area contributed by atoms with Gasteiger partial charge in [0.15, 0.2) is 0 Å². The molecule has 0 bridgehead atoms. The fourth-order valence-electron chi connectivity index (χ4n) is 1.69. The number of imidazole rings is 1. The molecule has 0 spiro atoms. The molecule has 0 radical (unpaired) electrons. The monoisotopic (exact) mass is 278 g/mol. The molecular formula is C13H15ClN4O. The third-order valence-corrected chi connectivity index (χ3v) is 2.88. The number of amides is 1. The van der Waals surface area contributed by atoms with Gasteiger partial charge in [-0.2, -0.15) is 0 Å². The van der Waals surface area contributed by atoms with Crippen LogP contribution < -0.4 is 5.32 Å². The number of rotatable bonds is 5. The van der Waals surface area contributed by atoms with E-state index in [1.54, 1.807) is 24.7 Å². The molecule has 0 unspecified atom stereocenters. The van der Waals surface area contributed by atoms with Crippen LogP contribution in [0.4, 0.5) is 0 Å². The lowest BCUT2D eigenvalue weighted by Gasteiger charge is -2.12. The van der Waals surface area contributed by atoms with Gasteiger partial charge in [-0.05, 0) is 18.1 Å². The SMILES string of the molecule is C[C@H](CNC(=O)c1ccc(Cl)cn1)Cn1ccnc1. The van der Waals surface area contributed by atoms with Crippen LogP contribution in [0.25, 0.3) is 0 Å². The average molecular weight is 279 g/mol. The van der Waals surface area contributed by atoms with Crippen molar-refractivity contribution < 1.29 is 4.79 Å². The van der Waals surface area contributed by atoms with Crippen molar-refractivity contribution in [3.8, 4) is 0 Å². The van der Waals surface area contributed by atoms with Crippen LogP contribution in [0, 0.1) is 5.92 Å². The lowest BCUT2D eigenvalue weighted by Crippen LogP contribution is -2.30. The first-order valence-corrected chi connectivity index (χ1v) is 6.38. The fraction of sp³-hybridized carbons (Fsp3) is 0.308. The second-order valence-corrected chi connectivity index (χ2v) is 4.87. The van der Waals surface area contributed by atoms with Gasteiger partial charge >= 0.3 is 0 Å². The lowest BCUT2D eigenvalue weighted by atomic mass is 10.2. The Hall–Kier alpha value is -1.88. The molecule has 19 heavy (non-hydrogen) atoms. The summed E-state index contributed by atoms with van der Waals surface area (Å²) in [5.41, 5.74) is 0.374. The Kier molecular flexibility index (Phi) is 4.52. The van der Waals surface area contributed by atoms with E-state index in [2.05, 4.69) is 22.2 Å². The molecule has 2 aromatic rings. The van der Waals surface area contributed by atoms with Gasteiger partial charge in [0, 0.05) is 31.7 Å². The summed E-state index contributed by atoms with van der Waals surface area (Å²) in [5, 5.41) is 3.37. The van der Waals surface area contributed by atoms with Crippen molar-refractivity contribution in [2.24, 2.45) is 5.92 Å². The summed E-state index contributed by atoms with van der Waals surface area (Å²) in [7, 11) is 0. The maximum Gasteiger partial charge on any atom is 0.269 e. The van der Waals surface area contributed by atoms with Crippen molar-refractivity contribution >= 4 is 17.5 Å². The van der Waals surface area contributed by atoms with Gasteiger partial charge in [-0.25, -0.2) is 9.97 Å². The normalized spacial score (nSPS) is 12.1. The van der Waals surface area contributed by atoms with Crippen molar-refractivity contribution in [3.05, 3.63) is 47.8 Å². The molecule has 0 aliphatic heterocycles. The number of hydrogen-bond donors (Lipinski definition) is 1. The van der Waals surface area contributed by atoms with Crippen molar-refractivity contribution in [2.45, 2.75) is 13.5 Å². The Bertz CT molecular complexity index is 524. The molecule has 0 aromatic carbocycles. The van der Waals surface area contributed by atoms with Gasteiger partial charge in [0.25, 0.3) is 5.91 Å². The molecule has 2 rings (SSSR count). The molecule has 1 amide bonds. The molecule has 0 aliphatic rings. The zero-order chi connectivity index (χ0) is 13.7. The number of aromatic nitrogens is 3. The Morgan fingerprint density at radius 1 is 1.53 bits per heavy atom. The van der Waals surface area contributed by atoms with E-state index in [4.69, 9.17) is 11.6 Å². The highest BCUT2D eigenvalue weighted by Crippen LogP contribution is 2.06. The van der Waals surface area contributed by atoms with E-state index < -0.39 is 0 Å². The van der Waals surface area contributed by atoms with Crippen LogP contribution in [0.1, 0.15) is 17.4 Å². The van der Waals surface area contributed by atoms with Gasteiger partial charge in [-0.1, -0.05) is 18.5 Å². The third kappa shape index (κ3) is 4.06. The molecule has 2 heterocycles. The summed E-state index contributed by atoms with van der Waals surface area (Å²) in [6.07, 6.45) is 6.87. The smallest absolute Gasteiger partial charge is 0.269 e. The molecule has 0 aliphatic carbocycles. The van der Waals surface area contributed by atoms with Crippen LogP contribution in [0.2, 0.25) is 5.02 Å². The van der Waals surface area contributed by atoms with Crippen LogP contribution in [0.15, 0.2) is 37.1 Å². The van der Waals surface area contributed by atoms with Crippen molar-refractivity contribution in [1.29, 1.82) is 0 Å². The van der Waals surface area contributed by atoms with Gasteiger partial charge in [-0.15, -0.1) is 0 Å². The summed E-state index contributed by atoms with van der Waals surface area (Å²) >= 11 is 5.72. The number of pyridine rings is 1. The molecule has 2 aromatic heterocycles. The van der Waals surface area contributed by atoms with E-state index >= 15 is 0 Å². The van der Waals surface area contributed by atoms with E-state index in [1.807, 2.05) is 10.8 Å². The molecule has 0 saturated carbocycles. The molecule has 6 heteroatoms. The minimum Gasteiger partial charge on any atom is -0.350 e. The van der Waals surface area contributed by atoms with Crippen molar-refractivity contribution in [2.75, 3.05) is 6.54 Å². The average Bonchev–Trinajstić information content (AvgIpc) is 2.89. The Morgan fingerprint density at radius 3 is 3.00 bits per heavy atom. The van der Waals surface area contributed by atoms with E-state index in [0.717, 1.165) is 6.54 Å². The van der Waals surface area contributed by atoms with Crippen LogP contribution >= 0.6 is 11.6 Å². The van der Waals surface area contributed by atoms with Gasteiger partial charge in [0.1, 0.15) is 5.69 Å². The summed E-state index contributed by atoms with van der Waals surface area (Å²) in [4.78, 5) is 19.8. The second kappa shape index (κ2) is 6.33. The highest BCUT2D eigenvalue weighted by Gasteiger charge is 2.09. The first-order valence-electron chi connectivity index (χ1n) is 6.00. The maximum atomic E-state index is 11.8. The highest BCUT2D eigenvalue weighted by atomic mass is 35.5. The molecule has 0 saturated heterocycles. The Morgan fingerprint density at radius 2 is 2.37 bits per heavy atom. The second-order valence-electron chi connectivity index (χ2n) is 4.44. The van der Waals surface area contributed by atoms with Gasteiger partial charge < -0.3 is 9.88 Å². The minimum atomic E-state index is -0.186. The van der Waals surface area contributed by atoms with Crippen LogP contribution in [0.3, 0.4) is 0 Å². The molecule has 1 N–H and O–H groups in total. The number of carbonyl (C=O) groups is 1. The van der Waals surface area contributed by atoms with Gasteiger partial charge in [-0.3, -0.25) is 4.79 Å². The summed E-state index contributed by atoms with van der Waals surface area (Å²) in [6, 6.07) is 3.26. The molecular weight excluding hydrogens is 264 g/mol. The fourth-order valence-corrected chi connectivity index (χ4v) is 1.80. The zero-order valence-electron chi connectivity index (χ0n) is 10.6. The largest absolute Gasteiger partial charge is 0.350 e.